The smallest absolute Gasteiger partial charge is 0.145 e. The zero-order valence-corrected chi connectivity index (χ0v) is 11.6. The molecule has 0 saturated heterocycles. The number of aromatic nitrogens is 1. The lowest BCUT2D eigenvalue weighted by Crippen LogP contribution is -2.18. The average Bonchev–Trinajstić information content (AvgIpc) is 2.75. The molecular weight excluding hydrogens is 304 g/mol. The Kier molecular flexibility index (Phi) is 4.07. The molecule has 2 aromatic rings. The Balaban J connectivity index is 2.00. The minimum atomic E-state index is 0.201. The Morgan fingerprint density at radius 2 is 2.41 bits per heavy atom. The molecule has 0 bridgehead atoms. The van der Waals surface area contributed by atoms with E-state index in [0.717, 1.165) is 16.7 Å². The average molecular weight is 316 g/mol. The topological polar surface area (TPSA) is 38.1 Å². The molecule has 90 valence electrons. The van der Waals surface area contributed by atoms with Crippen LogP contribution in [-0.4, -0.2) is 11.0 Å². The van der Waals surface area contributed by atoms with E-state index in [4.69, 9.17) is 16.0 Å². The van der Waals surface area contributed by atoms with E-state index in [1.54, 1.807) is 12.5 Å². The molecule has 2 rings (SSSR count). The quantitative estimate of drug-likeness (QED) is 0.921. The fourth-order valence-electron chi connectivity index (χ4n) is 1.54. The number of nitrogens with one attached hydrogen (secondary N) is 1. The molecule has 3 nitrogen and oxygen atoms in total. The van der Waals surface area contributed by atoms with Gasteiger partial charge >= 0.3 is 0 Å². The molecule has 0 aliphatic rings. The predicted molar refractivity (Wildman–Crippen MR) is 72.4 cm³/mol. The summed E-state index contributed by atoms with van der Waals surface area (Å²) >= 11 is 9.40. The van der Waals surface area contributed by atoms with Gasteiger partial charge in [0.05, 0.1) is 11.3 Å². The maximum atomic E-state index is 6.08. The molecule has 0 saturated carbocycles. The van der Waals surface area contributed by atoms with E-state index in [1.807, 2.05) is 18.2 Å². The van der Waals surface area contributed by atoms with Gasteiger partial charge in [0.15, 0.2) is 0 Å². The summed E-state index contributed by atoms with van der Waals surface area (Å²) in [5, 5.41) is 3.85. The molecule has 0 aliphatic carbocycles. The summed E-state index contributed by atoms with van der Waals surface area (Å²) in [4.78, 5) is 4.23. The molecule has 1 unspecified atom stereocenters. The Morgan fingerprint density at radius 3 is 3.06 bits per heavy atom. The summed E-state index contributed by atoms with van der Waals surface area (Å²) in [6.07, 6.45) is 4.18. The molecule has 17 heavy (non-hydrogen) atoms. The zero-order chi connectivity index (χ0) is 12.3. The summed E-state index contributed by atoms with van der Waals surface area (Å²) in [5.74, 6) is 1.63. The number of pyridine rings is 1. The van der Waals surface area contributed by atoms with Crippen LogP contribution in [0.4, 0.5) is 5.82 Å². The van der Waals surface area contributed by atoms with Crippen LogP contribution in [0.15, 0.2) is 39.5 Å². The van der Waals surface area contributed by atoms with Crippen molar-refractivity contribution in [3.63, 3.8) is 0 Å². The Labute approximate surface area is 113 Å². The summed E-state index contributed by atoms with van der Waals surface area (Å²) in [6.45, 7) is 2.06. The van der Waals surface area contributed by atoms with Crippen molar-refractivity contribution in [2.45, 2.75) is 19.4 Å². The van der Waals surface area contributed by atoms with Gasteiger partial charge in [-0.2, -0.15) is 0 Å². The third kappa shape index (κ3) is 3.48. The molecule has 0 aromatic carbocycles. The van der Waals surface area contributed by atoms with Crippen molar-refractivity contribution in [3.8, 4) is 0 Å². The van der Waals surface area contributed by atoms with Gasteiger partial charge in [0.25, 0.3) is 0 Å². The second-order valence-corrected chi connectivity index (χ2v) is 5.14. The van der Waals surface area contributed by atoms with Gasteiger partial charge in [-0.05, 0) is 41.1 Å². The molecule has 0 radical (unpaired) electrons. The first-order valence-corrected chi connectivity index (χ1v) is 6.42. The number of hydrogen-bond acceptors (Lipinski definition) is 3. The maximum absolute atomic E-state index is 6.08. The lowest BCUT2D eigenvalue weighted by molar-refractivity contribution is 0.497. The first kappa shape index (κ1) is 12.5. The first-order chi connectivity index (χ1) is 8.15. The highest BCUT2D eigenvalue weighted by Crippen LogP contribution is 2.23. The number of rotatable bonds is 4. The van der Waals surface area contributed by atoms with E-state index in [-0.39, 0.29) is 6.04 Å². The van der Waals surface area contributed by atoms with Crippen molar-refractivity contribution in [1.29, 1.82) is 0 Å². The Bertz CT molecular complexity index is 487. The third-order valence-corrected chi connectivity index (χ3v) is 3.00. The van der Waals surface area contributed by atoms with Crippen LogP contribution in [0, 0.1) is 0 Å². The molecule has 1 N–H and O–H groups in total. The first-order valence-electron chi connectivity index (χ1n) is 5.25. The van der Waals surface area contributed by atoms with Crippen molar-refractivity contribution in [2.75, 3.05) is 5.32 Å². The van der Waals surface area contributed by atoms with Crippen LogP contribution in [-0.2, 0) is 6.42 Å². The highest BCUT2D eigenvalue weighted by molar-refractivity contribution is 9.10. The van der Waals surface area contributed by atoms with Crippen LogP contribution < -0.4 is 5.32 Å². The highest BCUT2D eigenvalue weighted by atomic mass is 79.9. The Hall–Kier alpha value is -1.000. The number of anilines is 1. The molecule has 2 heterocycles. The van der Waals surface area contributed by atoms with Crippen LogP contribution in [0.5, 0.6) is 0 Å². The van der Waals surface area contributed by atoms with E-state index < -0.39 is 0 Å². The van der Waals surface area contributed by atoms with E-state index in [9.17, 15) is 0 Å². The van der Waals surface area contributed by atoms with Gasteiger partial charge in [-0.3, -0.25) is 0 Å². The molecule has 0 spiro atoms. The molecule has 0 fully saturated rings. The lowest BCUT2D eigenvalue weighted by atomic mass is 10.2. The second-order valence-electron chi connectivity index (χ2n) is 3.81. The normalized spacial score (nSPS) is 12.4. The van der Waals surface area contributed by atoms with Gasteiger partial charge in [-0.25, -0.2) is 4.98 Å². The van der Waals surface area contributed by atoms with Gasteiger partial charge in [0.1, 0.15) is 11.6 Å². The van der Waals surface area contributed by atoms with Crippen molar-refractivity contribution in [2.24, 2.45) is 0 Å². The largest absolute Gasteiger partial charge is 0.469 e. The van der Waals surface area contributed by atoms with Crippen LogP contribution >= 0.6 is 27.5 Å². The second kappa shape index (κ2) is 5.56. The van der Waals surface area contributed by atoms with Crippen LogP contribution in [0.3, 0.4) is 0 Å². The van der Waals surface area contributed by atoms with Gasteiger partial charge in [0, 0.05) is 23.1 Å². The molecule has 1 atom stereocenters. The molecule has 2 aromatic heterocycles. The van der Waals surface area contributed by atoms with E-state index in [0.29, 0.717) is 10.8 Å². The summed E-state index contributed by atoms with van der Waals surface area (Å²) in [7, 11) is 0. The molecule has 0 aliphatic heterocycles. The van der Waals surface area contributed by atoms with E-state index in [1.165, 1.54) is 0 Å². The number of hydrogen-bond donors (Lipinski definition) is 1. The standard InChI is InChI=1S/C12H12BrClN2O/c1-8(5-10-3-2-4-17-10)16-12-11(14)6-9(13)7-15-12/h2-4,6-8H,5H2,1H3,(H,15,16). The van der Waals surface area contributed by atoms with Gasteiger partial charge in [-0.15, -0.1) is 0 Å². The van der Waals surface area contributed by atoms with Gasteiger partial charge in [-0.1, -0.05) is 11.6 Å². The van der Waals surface area contributed by atoms with Crippen LogP contribution in [0.1, 0.15) is 12.7 Å². The molecule has 0 amide bonds. The maximum Gasteiger partial charge on any atom is 0.145 e. The minimum absolute atomic E-state index is 0.201. The molecule has 5 heteroatoms. The van der Waals surface area contributed by atoms with E-state index in [2.05, 4.69) is 33.2 Å². The van der Waals surface area contributed by atoms with Gasteiger partial charge < -0.3 is 9.73 Å². The monoisotopic (exact) mass is 314 g/mol. The van der Waals surface area contributed by atoms with Crippen LogP contribution in [0.2, 0.25) is 5.02 Å². The number of halogens is 2. The summed E-state index contributed by atoms with van der Waals surface area (Å²) in [5.41, 5.74) is 0. The lowest BCUT2D eigenvalue weighted by Gasteiger charge is -2.14. The van der Waals surface area contributed by atoms with Crippen LogP contribution in [0.25, 0.3) is 0 Å². The highest BCUT2D eigenvalue weighted by Gasteiger charge is 2.09. The third-order valence-electron chi connectivity index (χ3n) is 2.28. The summed E-state index contributed by atoms with van der Waals surface area (Å²) < 4.78 is 6.16. The fraction of sp³-hybridized carbons (Fsp3) is 0.250. The Morgan fingerprint density at radius 1 is 1.59 bits per heavy atom. The van der Waals surface area contributed by atoms with Gasteiger partial charge in [0.2, 0.25) is 0 Å². The van der Waals surface area contributed by atoms with Crippen molar-refractivity contribution >= 4 is 33.3 Å². The summed E-state index contributed by atoms with van der Waals surface area (Å²) in [6, 6.07) is 5.85. The fourth-order valence-corrected chi connectivity index (χ4v) is 2.22. The van der Waals surface area contributed by atoms with E-state index >= 15 is 0 Å². The number of furan rings is 1. The zero-order valence-electron chi connectivity index (χ0n) is 9.28. The predicted octanol–water partition coefficient (Wildman–Crippen LogP) is 4.13. The van der Waals surface area contributed by atoms with Crippen molar-refractivity contribution < 1.29 is 4.42 Å². The van der Waals surface area contributed by atoms with Crippen molar-refractivity contribution in [3.05, 3.63) is 45.9 Å². The van der Waals surface area contributed by atoms with Crippen molar-refractivity contribution in [1.82, 2.24) is 4.98 Å². The number of nitrogens with zero attached hydrogens (tertiary/aromatic N) is 1. The minimum Gasteiger partial charge on any atom is -0.469 e. The molecular formula is C12H12BrClN2O. The SMILES string of the molecule is CC(Cc1ccco1)Nc1ncc(Br)cc1Cl.